The maximum Gasteiger partial charge on any atom is 0.321 e. The van der Waals surface area contributed by atoms with Crippen molar-refractivity contribution in [3.8, 4) is 6.07 Å². The van der Waals surface area contributed by atoms with Gasteiger partial charge in [0.15, 0.2) is 8.32 Å². The molecule has 2 atom stereocenters. The first-order chi connectivity index (χ1) is 11.0. The summed E-state index contributed by atoms with van der Waals surface area (Å²) in [6, 6.07) is 1.92. The van der Waals surface area contributed by atoms with Crippen molar-refractivity contribution in [2.45, 2.75) is 70.9 Å². The number of halogens is 1. The highest BCUT2D eigenvalue weighted by Gasteiger charge is 2.38. The van der Waals surface area contributed by atoms with Gasteiger partial charge in [0, 0.05) is 25.0 Å². The van der Waals surface area contributed by atoms with Crippen molar-refractivity contribution in [2.24, 2.45) is 0 Å². The number of allylic oxidation sites excluding steroid dienone is 3. The fourth-order valence-electron chi connectivity index (χ4n) is 1.92. The number of hydrogen-bond donors (Lipinski definition) is 0. The molecule has 0 bridgehead atoms. The second-order valence-corrected chi connectivity index (χ2v) is 12.3. The molecule has 0 unspecified atom stereocenters. The molecule has 136 valence electrons. The minimum Gasteiger partial charge on any atom is -0.461 e. The van der Waals surface area contributed by atoms with E-state index in [9.17, 15) is 4.79 Å². The lowest BCUT2D eigenvalue weighted by Gasteiger charge is -2.39. The quantitative estimate of drug-likeness (QED) is 0.189. The molecule has 0 aromatic carbocycles. The summed E-state index contributed by atoms with van der Waals surface area (Å²) >= 11 is 5.54. The molecule has 0 aliphatic heterocycles. The number of hydrogen-bond acceptors (Lipinski definition) is 4. The molecular formula is C18H30ClNO3Si. The molecule has 0 aromatic rings. The van der Waals surface area contributed by atoms with Crippen LogP contribution in [0.5, 0.6) is 0 Å². The van der Waals surface area contributed by atoms with Crippen molar-refractivity contribution in [1.29, 1.82) is 5.26 Å². The van der Waals surface area contributed by atoms with Crippen LogP contribution in [0.2, 0.25) is 18.1 Å². The SMILES string of the molecule is C[C@@H](C[C@H](C/C=C\C=C/C#N)OC(=O)CCl)O[Si](C)(C)C(C)(C)C. The molecular weight excluding hydrogens is 342 g/mol. The topological polar surface area (TPSA) is 59.3 Å². The van der Waals surface area contributed by atoms with Gasteiger partial charge in [-0.05, 0) is 25.1 Å². The standard InChI is InChI=1S/C18H30ClNO3Si/c1-15(23-24(5,6)18(2,3)4)13-16(22-17(21)14-19)11-9-7-8-10-12-20/h7-10,15-16H,11,13-14H2,1-6H3/b9-7-,10-8-/t15-,16-/m0/s1. The van der Waals surface area contributed by atoms with E-state index in [1.54, 1.807) is 12.2 Å². The molecule has 24 heavy (non-hydrogen) atoms. The lowest BCUT2D eigenvalue weighted by Crippen LogP contribution is -2.44. The van der Waals surface area contributed by atoms with Crippen molar-refractivity contribution >= 4 is 25.9 Å². The third kappa shape index (κ3) is 9.26. The molecule has 0 aliphatic rings. The van der Waals surface area contributed by atoms with Crippen LogP contribution in [0.4, 0.5) is 0 Å². The summed E-state index contributed by atoms with van der Waals surface area (Å²) in [5, 5.41) is 8.58. The number of nitrogens with zero attached hydrogens (tertiary/aromatic N) is 1. The van der Waals surface area contributed by atoms with Crippen LogP contribution in [0.15, 0.2) is 24.3 Å². The summed E-state index contributed by atoms with van der Waals surface area (Å²) in [5.74, 6) is -0.589. The predicted molar refractivity (Wildman–Crippen MR) is 101 cm³/mol. The highest BCUT2D eigenvalue weighted by Crippen LogP contribution is 2.37. The third-order valence-electron chi connectivity index (χ3n) is 4.12. The molecule has 0 saturated heterocycles. The Morgan fingerprint density at radius 1 is 1.33 bits per heavy atom. The van der Waals surface area contributed by atoms with E-state index in [-0.39, 0.29) is 23.1 Å². The molecule has 6 heteroatoms. The summed E-state index contributed by atoms with van der Waals surface area (Å²) in [5.41, 5.74) is 0. The Kier molecular flexibility index (Phi) is 10.2. The first kappa shape index (κ1) is 22.9. The van der Waals surface area contributed by atoms with Crippen LogP contribution in [-0.4, -0.2) is 32.4 Å². The minimum atomic E-state index is -1.86. The fraction of sp³-hybridized carbons (Fsp3) is 0.667. The van der Waals surface area contributed by atoms with Gasteiger partial charge in [0.2, 0.25) is 0 Å². The van der Waals surface area contributed by atoms with E-state index >= 15 is 0 Å². The van der Waals surface area contributed by atoms with Crippen LogP contribution in [0, 0.1) is 11.3 Å². The van der Waals surface area contributed by atoms with E-state index in [4.69, 9.17) is 26.0 Å². The van der Waals surface area contributed by atoms with Gasteiger partial charge in [0.05, 0.1) is 6.07 Å². The van der Waals surface area contributed by atoms with E-state index < -0.39 is 14.3 Å². The zero-order valence-electron chi connectivity index (χ0n) is 15.6. The molecule has 0 radical (unpaired) electrons. The molecule has 0 aromatic heterocycles. The summed E-state index contributed by atoms with van der Waals surface area (Å²) < 4.78 is 11.7. The normalized spacial score (nSPS) is 15.4. The maximum atomic E-state index is 11.5. The van der Waals surface area contributed by atoms with Crippen LogP contribution in [0.25, 0.3) is 0 Å². The smallest absolute Gasteiger partial charge is 0.321 e. The van der Waals surface area contributed by atoms with E-state index in [0.29, 0.717) is 12.8 Å². The van der Waals surface area contributed by atoms with Crippen molar-refractivity contribution in [3.63, 3.8) is 0 Å². The Morgan fingerprint density at radius 2 is 1.96 bits per heavy atom. The van der Waals surface area contributed by atoms with Gasteiger partial charge in [-0.2, -0.15) is 5.26 Å². The molecule has 0 amide bonds. The molecule has 0 rings (SSSR count). The van der Waals surface area contributed by atoms with Gasteiger partial charge >= 0.3 is 5.97 Å². The van der Waals surface area contributed by atoms with Crippen LogP contribution in [0.3, 0.4) is 0 Å². The summed E-state index contributed by atoms with van der Waals surface area (Å²) in [6.45, 7) is 13.0. The highest BCUT2D eigenvalue weighted by molar-refractivity contribution is 6.74. The first-order valence-electron chi connectivity index (χ1n) is 8.18. The summed E-state index contributed by atoms with van der Waals surface area (Å²) in [6.07, 6.45) is 7.55. The monoisotopic (exact) mass is 371 g/mol. The Bertz CT molecular complexity index is 489. The van der Waals surface area contributed by atoms with Crippen molar-refractivity contribution < 1.29 is 14.0 Å². The number of esters is 1. The highest BCUT2D eigenvalue weighted by atomic mass is 35.5. The third-order valence-corrected chi connectivity index (χ3v) is 8.94. The van der Waals surface area contributed by atoms with Gasteiger partial charge in [0.1, 0.15) is 12.0 Å². The first-order valence-corrected chi connectivity index (χ1v) is 11.6. The molecule has 0 saturated carbocycles. The van der Waals surface area contributed by atoms with Crippen molar-refractivity contribution in [2.75, 3.05) is 5.88 Å². The lowest BCUT2D eigenvalue weighted by molar-refractivity contribution is -0.146. The minimum absolute atomic E-state index is 0.0120. The van der Waals surface area contributed by atoms with Crippen LogP contribution in [-0.2, 0) is 14.0 Å². The van der Waals surface area contributed by atoms with Gasteiger partial charge < -0.3 is 9.16 Å². The number of nitriles is 1. The molecule has 0 fully saturated rings. The second kappa shape index (κ2) is 10.7. The average Bonchev–Trinajstić information content (AvgIpc) is 2.44. The number of rotatable bonds is 9. The number of carbonyl (C=O) groups excluding carboxylic acids is 1. The van der Waals surface area contributed by atoms with E-state index in [2.05, 4.69) is 33.9 Å². The summed E-state index contributed by atoms with van der Waals surface area (Å²) in [7, 11) is -1.86. The predicted octanol–water partition coefficient (Wildman–Crippen LogP) is 4.96. The Labute approximate surface area is 152 Å². The van der Waals surface area contributed by atoms with Crippen molar-refractivity contribution in [1.82, 2.24) is 0 Å². The molecule has 0 heterocycles. The van der Waals surface area contributed by atoms with E-state index in [0.717, 1.165) is 0 Å². The molecule has 0 aliphatic carbocycles. The molecule has 0 N–H and O–H groups in total. The number of alkyl halides is 1. The lowest BCUT2D eigenvalue weighted by atomic mass is 10.1. The number of carbonyl (C=O) groups is 1. The van der Waals surface area contributed by atoms with Crippen LogP contribution < -0.4 is 0 Å². The van der Waals surface area contributed by atoms with Gasteiger partial charge in [-0.25, -0.2) is 0 Å². The van der Waals surface area contributed by atoms with Crippen LogP contribution >= 0.6 is 11.6 Å². The fourth-order valence-corrected chi connectivity index (χ4v) is 3.43. The molecule has 4 nitrogen and oxygen atoms in total. The average molecular weight is 372 g/mol. The Balaban J connectivity index is 4.79. The maximum absolute atomic E-state index is 11.5. The van der Waals surface area contributed by atoms with E-state index in [1.807, 2.05) is 19.1 Å². The Morgan fingerprint density at radius 3 is 2.46 bits per heavy atom. The van der Waals surface area contributed by atoms with Gasteiger partial charge in [-0.3, -0.25) is 4.79 Å². The molecule has 0 spiro atoms. The van der Waals surface area contributed by atoms with Gasteiger partial charge in [0.25, 0.3) is 0 Å². The zero-order chi connectivity index (χ0) is 18.8. The van der Waals surface area contributed by atoms with Gasteiger partial charge in [-0.1, -0.05) is 39.0 Å². The summed E-state index contributed by atoms with van der Waals surface area (Å²) in [4.78, 5) is 11.5. The van der Waals surface area contributed by atoms with E-state index in [1.165, 1.54) is 6.08 Å². The van der Waals surface area contributed by atoms with Gasteiger partial charge in [-0.15, -0.1) is 11.6 Å². The van der Waals surface area contributed by atoms with Crippen molar-refractivity contribution in [3.05, 3.63) is 24.3 Å². The largest absolute Gasteiger partial charge is 0.461 e. The van der Waals surface area contributed by atoms with Crippen LogP contribution in [0.1, 0.15) is 40.5 Å². The second-order valence-electron chi connectivity index (χ2n) is 7.32. The Hall–Kier alpha value is -1.09. The number of ether oxygens (including phenoxy) is 1. The zero-order valence-corrected chi connectivity index (χ0v) is 17.4.